The van der Waals surface area contributed by atoms with Crippen LogP contribution in [0.3, 0.4) is 0 Å². The van der Waals surface area contributed by atoms with Gasteiger partial charge in [-0.3, -0.25) is 4.90 Å². The molecule has 0 spiro atoms. The van der Waals surface area contributed by atoms with Gasteiger partial charge in [0.05, 0.1) is 0 Å². The number of piperidine rings is 1. The van der Waals surface area contributed by atoms with Crippen LogP contribution in [-0.4, -0.2) is 37.1 Å². The van der Waals surface area contributed by atoms with Crippen LogP contribution in [0.5, 0.6) is 0 Å². The zero-order valence-corrected chi connectivity index (χ0v) is 10.8. The molecule has 1 fully saturated rings. The Morgan fingerprint density at radius 1 is 1.27 bits per heavy atom. The lowest BCUT2D eigenvalue weighted by Crippen LogP contribution is -2.44. The Kier molecular flexibility index (Phi) is 6.26. The van der Waals surface area contributed by atoms with Gasteiger partial charge < -0.3 is 5.32 Å². The molecule has 1 N–H and O–H groups in total. The first-order chi connectivity index (χ1) is 7.27. The molecule has 1 atom stereocenters. The van der Waals surface area contributed by atoms with E-state index < -0.39 is 0 Å². The molecule has 2 nitrogen and oxygen atoms in total. The molecule has 0 aromatic carbocycles. The lowest BCUT2D eigenvalue weighted by molar-refractivity contribution is 0.137. The summed E-state index contributed by atoms with van der Waals surface area (Å²) in [5, 5.41) is 3.52. The molecular weight excluding hydrogens is 184 g/mol. The molecule has 0 aromatic heterocycles. The highest BCUT2D eigenvalue weighted by Crippen LogP contribution is 2.21. The lowest BCUT2D eigenvalue weighted by Gasteiger charge is -2.35. The summed E-state index contributed by atoms with van der Waals surface area (Å²) in [6, 6.07) is 0.717. The van der Waals surface area contributed by atoms with Crippen LogP contribution >= 0.6 is 0 Å². The molecule has 1 rings (SSSR count). The quantitative estimate of drug-likeness (QED) is 0.681. The van der Waals surface area contributed by atoms with Crippen molar-refractivity contribution in [3.05, 3.63) is 0 Å². The summed E-state index contributed by atoms with van der Waals surface area (Å²) in [5.74, 6) is 0.997. The van der Waals surface area contributed by atoms with Gasteiger partial charge >= 0.3 is 0 Å². The fourth-order valence-electron chi connectivity index (χ4n) is 2.42. The molecule has 0 amide bonds. The van der Waals surface area contributed by atoms with Crippen molar-refractivity contribution in [2.24, 2.45) is 5.92 Å². The molecule has 15 heavy (non-hydrogen) atoms. The molecule has 2 heteroatoms. The second kappa shape index (κ2) is 7.24. The molecule has 0 radical (unpaired) electrons. The monoisotopic (exact) mass is 212 g/mol. The van der Waals surface area contributed by atoms with Crippen LogP contribution in [0.4, 0.5) is 0 Å². The predicted molar refractivity (Wildman–Crippen MR) is 67.2 cm³/mol. The van der Waals surface area contributed by atoms with Gasteiger partial charge in [0.1, 0.15) is 0 Å². The van der Waals surface area contributed by atoms with Gasteiger partial charge in [-0.15, -0.1) is 0 Å². The van der Waals surface area contributed by atoms with Crippen LogP contribution in [0.25, 0.3) is 0 Å². The van der Waals surface area contributed by atoms with Crippen LogP contribution in [0.2, 0.25) is 0 Å². The topological polar surface area (TPSA) is 15.3 Å². The van der Waals surface area contributed by atoms with Crippen molar-refractivity contribution in [1.29, 1.82) is 0 Å². The van der Waals surface area contributed by atoms with Crippen LogP contribution in [0.15, 0.2) is 0 Å². The van der Waals surface area contributed by atoms with Crippen molar-refractivity contribution < 1.29 is 0 Å². The number of rotatable bonds is 6. The Balaban J connectivity index is 2.15. The summed E-state index contributed by atoms with van der Waals surface area (Å²) in [4.78, 5) is 2.65. The summed E-state index contributed by atoms with van der Waals surface area (Å²) in [6.45, 7) is 11.9. The van der Waals surface area contributed by atoms with Crippen LogP contribution in [0, 0.1) is 5.92 Å². The zero-order valence-electron chi connectivity index (χ0n) is 10.8. The molecule has 1 aliphatic rings. The van der Waals surface area contributed by atoms with E-state index in [1.54, 1.807) is 0 Å². The Morgan fingerprint density at radius 2 is 1.93 bits per heavy atom. The first-order valence-corrected chi connectivity index (χ1v) is 6.72. The van der Waals surface area contributed by atoms with Crippen molar-refractivity contribution in [2.45, 2.75) is 52.5 Å². The summed E-state index contributed by atoms with van der Waals surface area (Å²) in [7, 11) is 0. The highest BCUT2D eigenvalue weighted by molar-refractivity contribution is 4.76. The van der Waals surface area contributed by atoms with Gasteiger partial charge in [0, 0.05) is 12.6 Å². The normalized spacial score (nSPS) is 21.8. The number of hydrogen-bond acceptors (Lipinski definition) is 2. The molecule has 1 saturated heterocycles. The first-order valence-electron chi connectivity index (χ1n) is 6.72. The van der Waals surface area contributed by atoms with Gasteiger partial charge in [-0.25, -0.2) is 0 Å². The van der Waals surface area contributed by atoms with E-state index in [2.05, 4.69) is 31.0 Å². The second-order valence-electron chi connectivity index (χ2n) is 4.94. The third-order valence-corrected chi connectivity index (χ3v) is 3.72. The number of nitrogens with zero attached hydrogens (tertiary/aromatic N) is 1. The minimum absolute atomic E-state index is 0.717. The van der Waals surface area contributed by atoms with E-state index in [1.165, 1.54) is 38.8 Å². The van der Waals surface area contributed by atoms with Gasteiger partial charge in [-0.1, -0.05) is 20.3 Å². The lowest BCUT2D eigenvalue weighted by atomic mass is 9.94. The largest absolute Gasteiger partial charge is 0.315 e. The van der Waals surface area contributed by atoms with Crippen molar-refractivity contribution in [2.75, 3.05) is 26.2 Å². The van der Waals surface area contributed by atoms with E-state index in [1.807, 2.05) is 0 Å². The van der Waals surface area contributed by atoms with Crippen LogP contribution in [0.1, 0.15) is 46.5 Å². The summed E-state index contributed by atoms with van der Waals surface area (Å²) >= 11 is 0. The number of hydrogen-bond donors (Lipinski definition) is 1. The Labute approximate surface area is 95.4 Å². The summed E-state index contributed by atoms with van der Waals surface area (Å²) in [5.41, 5.74) is 0. The molecule has 0 aliphatic carbocycles. The van der Waals surface area contributed by atoms with Crippen molar-refractivity contribution >= 4 is 0 Å². The number of likely N-dealkylation sites (tertiary alicyclic amines) is 1. The molecule has 1 aliphatic heterocycles. The fourth-order valence-corrected chi connectivity index (χ4v) is 2.42. The van der Waals surface area contributed by atoms with Crippen molar-refractivity contribution in [1.82, 2.24) is 10.2 Å². The maximum atomic E-state index is 3.52. The average molecular weight is 212 g/mol. The standard InChI is InChI=1S/C13H28N2/c1-4-8-14-11-12(3)15-9-6-13(5-2)7-10-15/h12-14H,4-11H2,1-3H3. The smallest absolute Gasteiger partial charge is 0.0192 e. The predicted octanol–water partition coefficient (Wildman–Crippen LogP) is 2.50. The third-order valence-electron chi connectivity index (χ3n) is 3.72. The summed E-state index contributed by atoms with van der Waals surface area (Å²) in [6.07, 6.45) is 5.43. The van der Waals surface area contributed by atoms with E-state index in [9.17, 15) is 0 Å². The second-order valence-corrected chi connectivity index (χ2v) is 4.94. The van der Waals surface area contributed by atoms with Gasteiger partial charge in [0.25, 0.3) is 0 Å². The molecule has 90 valence electrons. The molecule has 1 heterocycles. The Hall–Kier alpha value is -0.0800. The maximum Gasteiger partial charge on any atom is 0.0192 e. The van der Waals surface area contributed by atoms with Gasteiger partial charge in [-0.2, -0.15) is 0 Å². The SMILES string of the molecule is CCCNCC(C)N1CCC(CC)CC1. The van der Waals surface area contributed by atoms with E-state index in [-0.39, 0.29) is 0 Å². The third kappa shape index (κ3) is 4.52. The minimum atomic E-state index is 0.717. The zero-order chi connectivity index (χ0) is 11.1. The highest BCUT2D eigenvalue weighted by atomic mass is 15.2. The van der Waals surface area contributed by atoms with Gasteiger partial charge in [0.15, 0.2) is 0 Å². The average Bonchev–Trinajstić information content (AvgIpc) is 2.29. The minimum Gasteiger partial charge on any atom is -0.315 e. The van der Waals surface area contributed by atoms with Crippen molar-refractivity contribution in [3.63, 3.8) is 0 Å². The van der Waals surface area contributed by atoms with E-state index in [0.717, 1.165) is 19.0 Å². The van der Waals surface area contributed by atoms with E-state index in [4.69, 9.17) is 0 Å². The Bertz CT molecular complexity index is 151. The molecular formula is C13H28N2. The van der Waals surface area contributed by atoms with Gasteiger partial charge in [-0.05, 0) is 51.7 Å². The fraction of sp³-hybridized carbons (Fsp3) is 1.00. The molecule has 0 aromatic rings. The van der Waals surface area contributed by atoms with Crippen LogP contribution in [-0.2, 0) is 0 Å². The van der Waals surface area contributed by atoms with Crippen molar-refractivity contribution in [3.8, 4) is 0 Å². The number of nitrogens with one attached hydrogen (secondary N) is 1. The van der Waals surface area contributed by atoms with Crippen LogP contribution < -0.4 is 5.32 Å². The summed E-state index contributed by atoms with van der Waals surface area (Å²) < 4.78 is 0. The van der Waals surface area contributed by atoms with E-state index in [0.29, 0.717) is 6.04 Å². The molecule has 0 saturated carbocycles. The molecule has 1 unspecified atom stereocenters. The van der Waals surface area contributed by atoms with Gasteiger partial charge in [0.2, 0.25) is 0 Å². The Morgan fingerprint density at radius 3 is 2.47 bits per heavy atom. The van der Waals surface area contributed by atoms with E-state index >= 15 is 0 Å². The first kappa shape index (κ1) is 13.0. The highest BCUT2D eigenvalue weighted by Gasteiger charge is 2.20. The molecule has 0 bridgehead atoms. The maximum absolute atomic E-state index is 3.52.